The van der Waals surface area contributed by atoms with E-state index >= 15 is 0 Å². The third-order valence-electron chi connectivity index (χ3n) is 4.79. The Kier molecular flexibility index (Phi) is 5.42. The van der Waals surface area contributed by atoms with Crippen molar-refractivity contribution in [3.05, 3.63) is 71.5 Å². The zero-order chi connectivity index (χ0) is 22.1. The summed E-state index contributed by atoms with van der Waals surface area (Å²) in [6.45, 7) is 1.72. The maximum atomic E-state index is 12.2. The van der Waals surface area contributed by atoms with Gasteiger partial charge in [-0.2, -0.15) is 0 Å². The van der Waals surface area contributed by atoms with Crippen LogP contribution in [-0.2, 0) is 20.7 Å². The van der Waals surface area contributed by atoms with Crippen molar-refractivity contribution in [1.29, 1.82) is 0 Å². The van der Waals surface area contributed by atoms with Gasteiger partial charge in [-0.1, -0.05) is 6.07 Å². The summed E-state index contributed by atoms with van der Waals surface area (Å²) in [5, 5.41) is 5.59. The predicted octanol–water partition coefficient (Wildman–Crippen LogP) is 4.71. The number of ether oxygens (including phenoxy) is 1. The van der Waals surface area contributed by atoms with Crippen molar-refractivity contribution < 1.29 is 14.3 Å². The van der Waals surface area contributed by atoms with Gasteiger partial charge in [0, 0.05) is 29.0 Å². The van der Waals surface area contributed by atoms with E-state index < -0.39 is 11.9 Å². The topological polar surface area (TPSA) is 85.6 Å². The molecule has 32 heavy (non-hydrogen) atoms. The van der Waals surface area contributed by atoms with Crippen molar-refractivity contribution in [1.82, 2.24) is 14.4 Å². The lowest BCUT2D eigenvalue weighted by Crippen LogP contribution is -2.21. The molecule has 0 saturated carbocycles. The maximum absolute atomic E-state index is 12.2. The highest BCUT2D eigenvalue weighted by Gasteiger charge is 2.12. The van der Waals surface area contributed by atoms with E-state index in [9.17, 15) is 9.59 Å². The largest absolute Gasteiger partial charge is 0.455 e. The molecule has 1 N–H and O–H groups in total. The normalized spacial score (nSPS) is 11.2. The summed E-state index contributed by atoms with van der Waals surface area (Å²) in [4.78, 5) is 34.0. The number of aryl methyl sites for hydroxylation is 1. The summed E-state index contributed by atoms with van der Waals surface area (Å²) in [6, 6.07) is 13.6. The molecule has 0 radical (unpaired) electrons. The molecule has 0 unspecified atom stereocenters. The van der Waals surface area contributed by atoms with Crippen LogP contribution in [0.5, 0.6) is 0 Å². The molecule has 0 aliphatic rings. The Morgan fingerprint density at radius 3 is 2.78 bits per heavy atom. The number of hydrogen-bond donors (Lipinski definition) is 1. The first kappa shape index (κ1) is 20.3. The molecule has 0 aliphatic heterocycles. The Hall–Kier alpha value is -3.56. The highest BCUT2D eigenvalue weighted by Crippen LogP contribution is 2.31. The van der Waals surface area contributed by atoms with Gasteiger partial charge in [0.25, 0.3) is 5.91 Å². The SMILES string of the molecule is Cc1ccc2nc(-c3ccc(NC(=O)COC(=O)Cc4cn5ccsc5n4)cc3)sc2c1. The number of imidazole rings is 1. The number of nitrogens with zero attached hydrogens (tertiary/aromatic N) is 3. The zero-order valence-electron chi connectivity index (χ0n) is 17.1. The molecule has 9 heteroatoms. The molecule has 0 spiro atoms. The van der Waals surface area contributed by atoms with Crippen LogP contribution in [0.1, 0.15) is 11.3 Å². The number of thiazole rings is 2. The Morgan fingerprint density at radius 2 is 1.97 bits per heavy atom. The van der Waals surface area contributed by atoms with E-state index in [1.165, 1.54) is 16.9 Å². The Bertz CT molecular complexity index is 1400. The second-order valence-corrected chi connectivity index (χ2v) is 9.18. The van der Waals surface area contributed by atoms with E-state index in [2.05, 4.69) is 34.3 Å². The number of anilines is 1. The van der Waals surface area contributed by atoms with Crippen molar-refractivity contribution in [3.63, 3.8) is 0 Å². The lowest BCUT2D eigenvalue weighted by molar-refractivity contribution is -0.146. The highest BCUT2D eigenvalue weighted by atomic mass is 32.1. The second-order valence-electron chi connectivity index (χ2n) is 7.28. The van der Waals surface area contributed by atoms with Gasteiger partial charge in [0.2, 0.25) is 0 Å². The average molecular weight is 463 g/mol. The van der Waals surface area contributed by atoms with Gasteiger partial charge in [0.1, 0.15) is 5.01 Å². The molecular formula is C23H18N4O3S2. The first-order valence-corrected chi connectivity index (χ1v) is 11.6. The summed E-state index contributed by atoms with van der Waals surface area (Å²) < 4.78 is 8.08. The van der Waals surface area contributed by atoms with Gasteiger partial charge >= 0.3 is 5.97 Å². The molecule has 0 saturated heterocycles. The van der Waals surface area contributed by atoms with Crippen LogP contribution in [0.4, 0.5) is 5.69 Å². The summed E-state index contributed by atoms with van der Waals surface area (Å²) in [6.07, 6.45) is 3.68. The van der Waals surface area contributed by atoms with E-state index in [1.54, 1.807) is 17.5 Å². The van der Waals surface area contributed by atoms with Gasteiger partial charge in [-0.15, -0.1) is 22.7 Å². The number of nitrogens with one attached hydrogen (secondary N) is 1. The fourth-order valence-corrected chi connectivity index (χ4v) is 5.04. The number of rotatable bonds is 6. The first-order valence-electron chi connectivity index (χ1n) is 9.88. The second kappa shape index (κ2) is 8.52. The first-order chi connectivity index (χ1) is 15.5. The van der Waals surface area contributed by atoms with Crippen LogP contribution in [0, 0.1) is 6.92 Å². The Balaban J connectivity index is 1.15. The van der Waals surface area contributed by atoms with Gasteiger partial charge in [0.15, 0.2) is 11.6 Å². The van der Waals surface area contributed by atoms with Gasteiger partial charge in [-0.05, 0) is 48.9 Å². The summed E-state index contributed by atoms with van der Waals surface area (Å²) in [5.74, 6) is -0.889. The van der Waals surface area contributed by atoms with E-state index in [1.807, 2.05) is 46.3 Å². The monoisotopic (exact) mass is 462 g/mol. The third kappa shape index (κ3) is 4.39. The minimum atomic E-state index is -0.493. The van der Waals surface area contributed by atoms with Crippen molar-refractivity contribution in [3.8, 4) is 10.6 Å². The molecule has 2 aromatic carbocycles. The minimum absolute atomic E-state index is 0.0259. The fraction of sp³-hybridized carbons (Fsp3) is 0.130. The molecule has 3 aromatic heterocycles. The van der Waals surface area contributed by atoms with Crippen molar-refractivity contribution in [2.24, 2.45) is 0 Å². The summed E-state index contributed by atoms with van der Waals surface area (Å²) in [5.41, 5.74) is 4.40. The van der Waals surface area contributed by atoms with Crippen LogP contribution in [-0.4, -0.2) is 32.9 Å². The van der Waals surface area contributed by atoms with Gasteiger partial charge in [-0.3, -0.25) is 14.0 Å². The predicted molar refractivity (Wildman–Crippen MR) is 126 cm³/mol. The smallest absolute Gasteiger partial charge is 0.312 e. The lowest BCUT2D eigenvalue weighted by atomic mass is 10.2. The molecule has 0 atom stereocenters. The molecule has 0 aliphatic carbocycles. The molecule has 3 heterocycles. The van der Waals surface area contributed by atoms with E-state index in [0.29, 0.717) is 11.4 Å². The van der Waals surface area contributed by atoms with Crippen LogP contribution in [0.25, 0.3) is 25.7 Å². The van der Waals surface area contributed by atoms with Crippen molar-refractivity contribution in [2.75, 3.05) is 11.9 Å². The molecule has 160 valence electrons. The number of amides is 1. The number of fused-ring (bicyclic) bond motifs is 2. The number of benzene rings is 2. The van der Waals surface area contributed by atoms with E-state index in [0.717, 1.165) is 25.7 Å². The van der Waals surface area contributed by atoms with Crippen LogP contribution in [0.3, 0.4) is 0 Å². The van der Waals surface area contributed by atoms with Crippen LogP contribution < -0.4 is 5.32 Å². The number of esters is 1. The molecule has 5 rings (SSSR count). The average Bonchev–Trinajstić information content (AvgIpc) is 3.47. The van der Waals surface area contributed by atoms with Gasteiger partial charge in [-0.25, -0.2) is 9.97 Å². The third-order valence-corrected chi connectivity index (χ3v) is 6.63. The van der Waals surface area contributed by atoms with E-state index in [-0.39, 0.29) is 13.0 Å². The Morgan fingerprint density at radius 1 is 1.12 bits per heavy atom. The van der Waals surface area contributed by atoms with E-state index in [4.69, 9.17) is 4.74 Å². The fourth-order valence-electron chi connectivity index (χ4n) is 3.25. The molecular weight excluding hydrogens is 444 g/mol. The quantitative estimate of drug-likeness (QED) is 0.370. The number of carbonyl (C=O) groups is 2. The number of carbonyl (C=O) groups excluding carboxylic acids is 2. The number of aromatic nitrogens is 3. The summed E-state index contributed by atoms with van der Waals surface area (Å²) in [7, 11) is 0. The van der Waals surface area contributed by atoms with Crippen molar-refractivity contribution >= 4 is 55.4 Å². The molecule has 5 aromatic rings. The van der Waals surface area contributed by atoms with Crippen LogP contribution in [0.15, 0.2) is 60.2 Å². The Labute approximate surface area is 191 Å². The maximum Gasteiger partial charge on any atom is 0.312 e. The highest BCUT2D eigenvalue weighted by molar-refractivity contribution is 7.21. The molecule has 1 amide bonds. The van der Waals surface area contributed by atoms with Crippen molar-refractivity contribution in [2.45, 2.75) is 13.3 Å². The summed E-state index contributed by atoms with van der Waals surface area (Å²) >= 11 is 3.12. The van der Waals surface area contributed by atoms with Crippen LogP contribution >= 0.6 is 22.7 Å². The van der Waals surface area contributed by atoms with Crippen LogP contribution in [0.2, 0.25) is 0 Å². The van der Waals surface area contributed by atoms with Gasteiger partial charge in [0.05, 0.1) is 22.3 Å². The molecule has 7 nitrogen and oxygen atoms in total. The zero-order valence-corrected chi connectivity index (χ0v) is 18.7. The standard InChI is InChI=1S/C23H18N4O3S2/c1-14-2-7-18-19(10-14)32-22(26-18)15-3-5-16(6-4-15)24-20(28)13-30-21(29)11-17-12-27-8-9-31-23(27)25-17/h2-10,12H,11,13H2,1H3,(H,24,28). The molecule has 0 bridgehead atoms. The van der Waals surface area contributed by atoms with Gasteiger partial charge < -0.3 is 10.1 Å². The lowest BCUT2D eigenvalue weighted by Gasteiger charge is -2.07. The minimum Gasteiger partial charge on any atom is -0.455 e. The number of hydrogen-bond acceptors (Lipinski definition) is 7. The molecule has 0 fully saturated rings.